The molecule has 0 bridgehead atoms. The lowest BCUT2D eigenvalue weighted by Gasteiger charge is -2.16. The average molecular weight is 554 g/mol. The van der Waals surface area contributed by atoms with Crippen LogP contribution in [0.3, 0.4) is 0 Å². The summed E-state index contributed by atoms with van der Waals surface area (Å²) in [6, 6.07) is 11.7. The van der Waals surface area contributed by atoms with Gasteiger partial charge in [0.2, 0.25) is 0 Å². The Labute approximate surface area is 216 Å². The van der Waals surface area contributed by atoms with Crippen molar-refractivity contribution in [3.05, 3.63) is 76.3 Å². The average Bonchev–Trinajstić information content (AvgIpc) is 3.40. The maximum Gasteiger partial charge on any atom is 0.408 e. The van der Waals surface area contributed by atoms with E-state index in [4.69, 9.17) is 20.6 Å². The summed E-state index contributed by atoms with van der Waals surface area (Å²) in [5.74, 6) is 2.64. The first kappa shape index (κ1) is 26.3. The summed E-state index contributed by atoms with van der Waals surface area (Å²) in [7, 11) is 1.50. The van der Waals surface area contributed by atoms with Crippen LogP contribution in [0.1, 0.15) is 16.8 Å². The number of methoxy groups -OCH3 is 1. The number of amides is 2. The van der Waals surface area contributed by atoms with E-state index in [-0.39, 0.29) is 19.6 Å². The highest BCUT2D eigenvalue weighted by molar-refractivity contribution is 9.10. The standard InChI is InChI=1S/C25H24BrN5O5/c1-3-9-35-23-18(10-19(26)11-22(23)34-2)13-29-31-24(32)21(12-20-14-27-16-28-20)30-25(33)36-15-17-7-5-4-6-8-17/h1,4-8,10-11,13-14,16,21H,9,12,15H2,2H3,(H,27,28)(H,30,33)(H,31,32)/b29-13-/t21-/m0/s1. The van der Waals surface area contributed by atoms with Gasteiger partial charge in [0.15, 0.2) is 11.5 Å². The second kappa shape index (κ2) is 13.6. The van der Waals surface area contributed by atoms with Gasteiger partial charge in [-0.1, -0.05) is 52.2 Å². The van der Waals surface area contributed by atoms with Crippen molar-refractivity contribution in [3.8, 4) is 23.8 Å². The van der Waals surface area contributed by atoms with Crippen LogP contribution >= 0.6 is 15.9 Å². The lowest BCUT2D eigenvalue weighted by molar-refractivity contribution is -0.123. The maximum absolute atomic E-state index is 12.9. The Balaban J connectivity index is 1.69. The monoisotopic (exact) mass is 553 g/mol. The Bertz CT molecular complexity index is 1230. The van der Waals surface area contributed by atoms with Crippen LogP contribution < -0.4 is 20.2 Å². The number of aromatic amines is 1. The first-order chi connectivity index (χ1) is 17.5. The van der Waals surface area contributed by atoms with Gasteiger partial charge in [-0.3, -0.25) is 4.79 Å². The molecular weight excluding hydrogens is 530 g/mol. The van der Waals surface area contributed by atoms with E-state index in [0.717, 1.165) is 5.56 Å². The van der Waals surface area contributed by atoms with Gasteiger partial charge in [-0.05, 0) is 17.7 Å². The number of hydrogen-bond acceptors (Lipinski definition) is 7. The van der Waals surface area contributed by atoms with Crippen molar-refractivity contribution in [1.82, 2.24) is 20.7 Å². The van der Waals surface area contributed by atoms with E-state index < -0.39 is 18.0 Å². The summed E-state index contributed by atoms with van der Waals surface area (Å²) in [5, 5.41) is 6.60. The second-order valence-electron chi connectivity index (χ2n) is 7.29. The molecule has 3 N–H and O–H groups in total. The summed E-state index contributed by atoms with van der Waals surface area (Å²) in [6.45, 7) is 0.0842. The zero-order valence-electron chi connectivity index (χ0n) is 19.4. The number of carbonyl (C=O) groups excluding carboxylic acids is 2. The molecule has 3 rings (SSSR count). The molecule has 0 aliphatic carbocycles. The number of nitrogens with zero attached hydrogens (tertiary/aromatic N) is 2. The van der Waals surface area contributed by atoms with Crippen molar-refractivity contribution >= 4 is 34.1 Å². The highest BCUT2D eigenvalue weighted by atomic mass is 79.9. The molecule has 0 fully saturated rings. The quantitative estimate of drug-likeness (QED) is 0.190. The first-order valence-corrected chi connectivity index (χ1v) is 11.5. The normalized spacial score (nSPS) is 11.4. The van der Waals surface area contributed by atoms with E-state index in [0.29, 0.717) is 27.2 Å². The number of carbonyl (C=O) groups is 2. The molecule has 0 radical (unpaired) electrons. The summed E-state index contributed by atoms with van der Waals surface area (Å²) >= 11 is 3.40. The van der Waals surface area contributed by atoms with Crippen molar-refractivity contribution in [1.29, 1.82) is 0 Å². The molecule has 1 atom stereocenters. The van der Waals surface area contributed by atoms with E-state index in [1.54, 1.807) is 18.3 Å². The van der Waals surface area contributed by atoms with Gasteiger partial charge >= 0.3 is 6.09 Å². The van der Waals surface area contributed by atoms with E-state index in [9.17, 15) is 9.59 Å². The van der Waals surface area contributed by atoms with Gasteiger partial charge in [0.1, 0.15) is 19.3 Å². The van der Waals surface area contributed by atoms with Crippen molar-refractivity contribution in [2.75, 3.05) is 13.7 Å². The molecule has 186 valence electrons. The molecule has 0 aliphatic rings. The highest BCUT2D eigenvalue weighted by Gasteiger charge is 2.23. The predicted octanol–water partition coefficient (Wildman–Crippen LogP) is 3.18. The van der Waals surface area contributed by atoms with Crippen LogP contribution in [-0.2, 0) is 22.6 Å². The molecule has 0 saturated heterocycles. The van der Waals surface area contributed by atoms with Gasteiger partial charge in [-0.2, -0.15) is 5.10 Å². The molecule has 0 unspecified atom stereocenters. The van der Waals surface area contributed by atoms with Crippen LogP contribution in [0, 0.1) is 12.3 Å². The van der Waals surface area contributed by atoms with Crippen LogP contribution in [0.25, 0.3) is 0 Å². The third-order valence-electron chi connectivity index (χ3n) is 4.75. The molecule has 3 aromatic rings. The van der Waals surface area contributed by atoms with Crippen LogP contribution in [0.2, 0.25) is 0 Å². The molecule has 0 spiro atoms. The van der Waals surface area contributed by atoms with Gasteiger partial charge in [0.25, 0.3) is 5.91 Å². The minimum Gasteiger partial charge on any atom is -0.493 e. The van der Waals surface area contributed by atoms with E-state index in [1.807, 2.05) is 30.3 Å². The number of ether oxygens (including phenoxy) is 3. The third kappa shape index (κ3) is 7.89. The van der Waals surface area contributed by atoms with E-state index in [1.165, 1.54) is 19.7 Å². The molecule has 11 heteroatoms. The zero-order valence-corrected chi connectivity index (χ0v) is 20.9. The molecule has 36 heavy (non-hydrogen) atoms. The SMILES string of the molecule is C#CCOc1c(/C=N\NC(=O)[C@H](Cc2cnc[nH]2)NC(=O)OCc2ccccc2)cc(Br)cc1OC. The summed E-state index contributed by atoms with van der Waals surface area (Å²) in [6.07, 6.45) is 9.13. The number of nitrogens with one attached hydrogen (secondary N) is 3. The number of H-pyrrole nitrogens is 1. The minimum atomic E-state index is -0.986. The molecule has 0 saturated carbocycles. The van der Waals surface area contributed by atoms with Gasteiger partial charge in [0.05, 0.1) is 19.7 Å². The van der Waals surface area contributed by atoms with Gasteiger partial charge < -0.3 is 24.5 Å². The van der Waals surface area contributed by atoms with Crippen LogP contribution in [0.5, 0.6) is 11.5 Å². The molecule has 10 nitrogen and oxygen atoms in total. The Kier molecular flexibility index (Phi) is 9.90. The van der Waals surface area contributed by atoms with Gasteiger partial charge in [-0.25, -0.2) is 15.2 Å². The lowest BCUT2D eigenvalue weighted by atomic mass is 10.1. The van der Waals surface area contributed by atoms with Gasteiger partial charge in [-0.15, -0.1) is 6.42 Å². The summed E-state index contributed by atoms with van der Waals surface area (Å²) < 4.78 is 16.9. The molecule has 0 aliphatic heterocycles. The number of rotatable bonds is 11. The molecule has 1 aromatic heterocycles. The maximum atomic E-state index is 12.9. The topological polar surface area (TPSA) is 127 Å². The van der Waals surface area contributed by atoms with Gasteiger partial charge in [0, 0.05) is 28.3 Å². The first-order valence-electron chi connectivity index (χ1n) is 10.7. The zero-order chi connectivity index (χ0) is 25.8. The number of hydrazone groups is 1. The Hall–Kier alpha value is -4.30. The van der Waals surface area contributed by atoms with E-state index >= 15 is 0 Å². The van der Waals surface area contributed by atoms with Crippen LogP contribution in [-0.4, -0.2) is 47.9 Å². The molecule has 2 aromatic carbocycles. The Morgan fingerprint density at radius 3 is 2.81 bits per heavy atom. The lowest BCUT2D eigenvalue weighted by Crippen LogP contribution is -2.47. The Morgan fingerprint density at radius 2 is 2.11 bits per heavy atom. The smallest absolute Gasteiger partial charge is 0.408 e. The third-order valence-corrected chi connectivity index (χ3v) is 5.20. The fraction of sp³-hybridized carbons (Fsp3) is 0.200. The van der Waals surface area contributed by atoms with Crippen molar-refractivity contribution in [2.45, 2.75) is 19.1 Å². The predicted molar refractivity (Wildman–Crippen MR) is 137 cm³/mol. The number of hydrogen-bond donors (Lipinski definition) is 3. The molecule has 2 amide bonds. The van der Waals surface area contributed by atoms with Crippen molar-refractivity contribution in [2.24, 2.45) is 5.10 Å². The van der Waals surface area contributed by atoms with Crippen molar-refractivity contribution < 1.29 is 23.8 Å². The number of imidazole rings is 1. The number of halogens is 1. The van der Waals surface area contributed by atoms with E-state index in [2.05, 4.69) is 47.7 Å². The van der Waals surface area contributed by atoms with Crippen molar-refractivity contribution in [3.63, 3.8) is 0 Å². The second-order valence-corrected chi connectivity index (χ2v) is 8.21. The number of terminal acetylenes is 1. The summed E-state index contributed by atoms with van der Waals surface area (Å²) in [5.41, 5.74) is 4.41. The Morgan fingerprint density at radius 1 is 1.31 bits per heavy atom. The summed E-state index contributed by atoms with van der Waals surface area (Å²) in [4.78, 5) is 32.1. The fourth-order valence-electron chi connectivity index (χ4n) is 3.08. The minimum absolute atomic E-state index is 0.0203. The largest absolute Gasteiger partial charge is 0.493 e. The van der Waals surface area contributed by atoms with Crippen LogP contribution in [0.4, 0.5) is 4.79 Å². The number of benzene rings is 2. The number of aromatic nitrogens is 2. The molecule has 1 heterocycles. The molecular formula is C25H24BrN5O5. The highest BCUT2D eigenvalue weighted by Crippen LogP contribution is 2.34. The number of alkyl carbamates (subject to hydrolysis) is 1. The fourth-order valence-corrected chi connectivity index (χ4v) is 3.54. The van der Waals surface area contributed by atoms with Crippen LogP contribution in [0.15, 0.2) is 64.6 Å².